The number of carbonyl (C=O) groups excluding carboxylic acids is 2. The first-order valence-corrected chi connectivity index (χ1v) is 15.1. The maximum absolute atomic E-state index is 13.9. The van der Waals surface area contributed by atoms with Gasteiger partial charge in [-0.05, 0) is 98.7 Å². The second kappa shape index (κ2) is 12.6. The quantitative estimate of drug-likeness (QED) is 0.356. The molecule has 0 bridgehead atoms. The number of anilines is 1. The first-order valence-electron chi connectivity index (χ1n) is 14.7. The summed E-state index contributed by atoms with van der Waals surface area (Å²) in [5.74, 6) is 0.706. The summed E-state index contributed by atoms with van der Waals surface area (Å²) in [6.07, 6.45) is 2.45. The zero-order valence-electron chi connectivity index (χ0n) is 25.0. The van der Waals surface area contributed by atoms with Crippen molar-refractivity contribution < 1.29 is 29.3 Å². The number of methoxy groups -OCH3 is 1. The molecule has 3 atom stereocenters. The first kappa shape index (κ1) is 30.9. The number of amides is 2. The molecule has 2 unspecified atom stereocenters. The van der Waals surface area contributed by atoms with Crippen molar-refractivity contribution in [1.82, 2.24) is 4.90 Å². The highest BCUT2D eigenvalue weighted by molar-refractivity contribution is 6.30. The summed E-state index contributed by atoms with van der Waals surface area (Å²) in [6, 6.07) is 17.7. The minimum Gasteiger partial charge on any atom is -0.493 e. The summed E-state index contributed by atoms with van der Waals surface area (Å²) in [7, 11) is 1.59. The molecule has 0 aromatic heterocycles. The standard InChI is InChI=1S/C34H39ClN2O6/c1-21(2)43-29-19-27-23(17-28(29)42-4)18-31(39)37(33(27)22-8-12-25(35)13-9-22)26-14-10-24(11-15-26)34(3,41)30-7-5-6-16-36(30)32(40)20-38/h8-15,17,19,21,30,33,38,41H,5-7,16,18,20H2,1-4H3/t30?,33-,34?/m0/s1. The summed E-state index contributed by atoms with van der Waals surface area (Å²) >= 11 is 6.24. The van der Waals surface area contributed by atoms with E-state index in [0.29, 0.717) is 40.7 Å². The predicted molar refractivity (Wildman–Crippen MR) is 166 cm³/mol. The molecule has 0 spiro atoms. The van der Waals surface area contributed by atoms with E-state index in [4.69, 9.17) is 21.1 Å². The monoisotopic (exact) mass is 606 g/mol. The highest BCUT2D eigenvalue weighted by atomic mass is 35.5. The number of carbonyl (C=O) groups is 2. The van der Waals surface area contributed by atoms with Crippen LogP contribution in [0.1, 0.15) is 68.3 Å². The smallest absolute Gasteiger partial charge is 0.248 e. The van der Waals surface area contributed by atoms with Crippen molar-refractivity contribution in [3.63, 3.8) is 0 Å². The van der Waals surface area contributed by atoms with Gasteiger partial charge in [-0.2, -0.15) is 0 Å². The molecule has 5 rings (SSSR count). The van der Waals surface area contributed by atoms with Gasteiger partial charge < -0.3 is 29.5 Å². The number of fused-ring (bicyclic) bond motifs is 1. The first-order chi connectivity index (χ1) is 20.5. The van der Waals surface area contributed by atoms with E-state index in [-0.39, 0.29) is 24.3 Å². The third-order valence-corrected chi connectivity index (χ3v) is 8.73. The molecule has 43 heavy (non-hydrogen) atoms. The van der Waals surface area contributed by atoms with Crippen molar-refractivity contribution in [2.24, 2.45) is 0 Å². The third-order valence-electron chi connectivity index (χ3n) is 8.47. The zero-order chi connectivity index (χ0) is 30.9. The van der Waals surface area contributed by atoms with Gasteiger partial charge in [-0.15, -0.1) is 0 Å². The van der Waals surface area contributed by atoms with Crippen LogP contribution in [0.15, 0.2) is 60.7 Å². The predicted octanol–water partition coefficient (Wildman–Crippen LogP) is 5.40. The van der Waals surface area contributed by atoms with Gasteiger partial charge in [-0.1, -0.05) is 35.9 Å². The van der Waals surface area contributed by atoms with Gasteiger partial charge in [0, 0.05) is 17.3 Å². The molecular weight excluding hydrogens is 568 g/mol. The Balaban J connectivity index is 1.56. The van der Waals surface area contributed by atoms with Crippen molar-refractivity contribution >= 4 is 29.1 Å². The fraction of sp³-hybridized carbons (Fsp3) is 0.412. The fourth-order valence-corrected chi connectivity index (χ4v) is 6.51. The zero-order valence-corrected chi connectivity index (χ0v) is 25.8. The number of aliphatic hydroxyl groups excluding tert-OH is 1. The normalized spacial score (nSPS) is 20.0. The van der Waals surface area contributed by atoms with Gasteiger partial charge in [0.1, 0.15) is 12.2 Å². The number of ether oxygens (including phenoxy) is 2. The fourth-order valence-electron chi connectivity index (χ4n) is 6.39. The molecule has 3 aromatic rings. The lowest BCUT2D eigenvalue weighted by Gasteiger charge is -2.44. The molecule has 0 aliphatic carbocycles. The van der Waals surface area contributed by atoms with Crippen LogP contribution in [0, 0.1) is 0 Å². The SMILES string of the molecule is COc1cc2c(cc1OC(C)C)[C@H](c1ccc(Cl)cc1)N(c1ccc(C(C)(O)C3CCCCN3C(=O)CO)cc1)C(=O)C2. The third kappa shape index (κ3) is 6.09. The molecule has 1 saturated heterocycles. The van der Waals surface area contributed by atoms with E-state index in [1.165, 1.54) is 0 Å². The highest BCUT2D eigenvalue weighted by Crippen LogP contribution is 2.44. The molecular formula is C34H39ClN2O6. The van der Waals surface area contributed by atoms with Crippen LogP contribution in [0.25, 0.3) is 0 Å². The Hall–Kier alpha value is -3.59. The van der Waals surface area contributed by atoms with Crippen LogP contribution in [-0.4, -0.2) is 59.3 Å². The molecule has 228 valence electrons. The van der Waals surface area contributed by atoms with Crippen molar-refractivity contribution in [2.45, 2.75) is 70.2 Å². The number of hydrogen-bond acceptors (Lipinski definition) is 6. The Morgan fingerprint density at radius 1 is 1.07 bits per heavy atom. The average molecular weight is 607 g/mol. The molecule has 8 nitrogen and oxygen atoms in total. The maximum Gasteiger partial charge on any atom is 0.248 e. The van der Waals surface area contributed by atoms with Crippen LogP contribution in [0.4, 0.5) is 5.69 Å². The summed E-state index contributed by atoms with van der Waals surface area (Å²) < 4.78 is 11.7. The molecule has 3 aromatic carbocycles. The minimum absolute atomic E-state index is 0.0737. The Labute approximate surface area is 257 Å². The van der Waals surface area contributed by atoms with Crippen LogP contribution in [0.5, 0.6) is 11.5 Å². The van der Waals surface area contributed by atoms with Gasteiger partial charge in [0.15, 0.2) is 11.5 Å². The average Bonchev–Trinajstić information content (AvgIpc) is 3.00. The topological polar surface area (TPSA) is 99.5 Å². The van der Waals surface area contributed by atoms with Gasteiger partial charge in [0.25, 0.3) is 0 Å². The summed E-state index contributed by atoms with van der Waals surface area (Å²) in [6.45, 7) is 5.52. The number of nitrogens with zero attached hydrogens (tertiary/aromatic N) is 2. The lowest BCUT2D eigenvalue weighted by atomic mass is 9.82. The van der Waals surface area contributed by atoms with Crippen molar-refractivity contribution in [3.05, 3.63) is 87.9 Å². The van der Waals surface area contributed by atoms with E-state index in [0.717, 1.165) is 29.5 Å². The molecule has 0 radical (unpaired) electrons. The number of benzene rings is 3. The molecule has 1 fully saturated rings. The highest BCUT2D eigenvalue weighted by Gasteiger charge is 2.41. The molecule has 2 amide bonds. The van der Waals surface area contributed by atoms with E-state index in [1.54, 1.807) is 23.8 Å². The number of aliphatic hydroxyl groups is 2. The second-order valence-corrected chi connectivity index (χ2v) is 12.2. The lowest BCUT2D eigenvalue weighted by molar-refractivity contribution is -0.146. The summed E-state index contributed by atoms with van der Waals surface area (Å²) in [4.78, 5) is 29.7. The van der Waals surface area contributed by atoms with Crippen LogP contribution in [0.2, 0.25) is 5.02 Å². The van der Waals surface area contributed by atoms with Crippen LogP contribution in [0.3, 0.4) is 0 Å². The summed E-state index contributed by atoms with van der Waals surface area (Å²) in [5.41, 5.74) is 2.62. The van der Waals surface area contributed by atoms with E-state index in [9.17, 15) is 19.8 Å². The Bertz CT molecular complexity index is 1470. The number of likely N-dealkylation sites (tertiary alicyclic amines) is 1. The summed E-state index contributed by atoms with van der Waals surface area (Å²) in [5, 5.41) is 21.8. The van der Waals surface area contributed by atoms with Crippen molar-refractivity contribution in [2.75, 3.05) is 25.2 Å². The van der Waals surface area contributed by atoms with Crippen LogP contribution in [-0.2, 0) is 21.6 Å². The van der Waals surface area contributed by atoms with E-state index in [2.05, 4.69) is 0 Å². The Kier molecular flexibility index (Phi) is 9.02. The number of rotatable bonds is 8. The van der Waals surface area contributed by atoms with E-state index in [1.807, 2.05) is 74.5 Å². The van der Waals surface area contributed by atoms with Gasteiger partial charge in [0.2, 0.25) is 11.8 Å². The number of halogens is 1. The molecule has 2 heterocycles. The van der Waals surface area contributed by atoms with Crippen molar-refractivity contribution in [3.8, 4) is 11.5 Å². The van der Waals surface area contributed by atoms with E-state index < -0.39 is 24.3 Å². The van der Waals surface area contributed by atoms with Gasteiger partial charge in [-0.3, -0.25) is 9.59 Å². The Morgan fingerprint density at radius 3 is 2.40 bits per heavy atom. The van der Waals surface area contributed by atoms with Crippen molar-refractivity contribution in [1.29, 1.82) is 0 Å². The van der Waals surface area contributed by atoms with E-state index >= 15 is 0 Å². The van der Waals surface area contributed by atoms with Gasteiger partial charge in [0.05, 0.1) is 31.7 Å². The number of piperidine rings is 1. The molecule has 2 aliphatic rings. The van der Waals surface area contributed by atoms with Gasteiger partial charge >= 0.3 is 0 Å². The largest absolute Gasteiger partial charge is 0.493 e. The molecule has 9 heteroatoms. The van der Waals surface area contributed by atoms with Crippen LogP contribution >= 0.6 is 11.6 Å². The molecule has 0 saturated carbocycles. The number of hydrogen-bond donors (Lipinski definition) is 2. The molecule has 2 N–H and O–H groups in total. The minimum atomic E-state index is -1.35. The van der Waals surface area contributed by atoms with Gasteiger partial charge in [-0.25, -0.2) is 0 Å². The van der Waals surface area contributed by atoms with Crippen LogP contribution < -0.4 is 14.4 Å². The Morgan fingerprint density at radius 2 is 1.77 bits per heavy atom. The second-order valence-electron chi connectivity index (χ2n) is 11.7. The molecule has 2 aliphatic heterocycles. The lowest BCUT2D eigenvalue weighted by Crippen LogP contribution is -2.54. The maximum atomic E-state index is 13.9.